The Kier molecular flexibility index (Phi) is 3.43. The summed E-state index contributed by atoms with van der Waals surface area (Å²) >= 11 is 0. The van der Waals surface area contributed by atoms with Crippen LogP contribution >= 0.6 is 0 Å². The van der Waals surface area contributed by atoms with Gasteiger partial charge in [-0.25, -0.2) is 0 Å². The molecule has 2 spiro atoms. The largest absolute Gasteiger partial charge is 0.277 e. The summed E-state index contributed by atoms with van der Waals surface area (Å²) in [4.78, 5) is 12.0. The molecule has 0 radical (unpaired) electrons. The number of nitro groups is 1. The molecule has 4 fully saturated rings. The van der Waals surface area contributed by atoms with Crippen molar-refractivity contribution < 1.29 is 4.92 Å². The highest BCUT2D eigenvalue weighted by Crippen LogP contribution is 2.85. The van der Waals surface area contributed by atoms with Crippen molar-refractivity contribution in [3.8, 4) is 22.3 Å². The van der Waals surface area contributed by atoms with Gasteiger partial charge < -0.3 is 0 Å². The molecule has 4 unspecified atom stereocenters. The zero-order valence-corrected chi connectivity index (χ0v) is 20.1. The Balaban J connectivity index is 1.30. The minimum atomic E-state index is -0.213. The Hall–Kier alpha value is -3.46. The highest BCUT2D eigenvalue weighted by atomic mass is 16.6. The van der Waals surface area contributed by atoms with Gasteiger partial charge in [-0.05, 0) is 112 Å². The van der Waals surface area contributed by atoms with Gasteiger partial charge in [-0.3, -0.25) is 10.1 Å². The van der Waals surface area contributed by atoms with Gasteiger partial charge in [0.1, 0.15) is 0 Å². The maximum Gasteiger partial charge on any atom is 0.277 e. The van der Waals surface area contributed by atoms with E-state index in [2.05, 4.69) is 48.5 Å². The summed E-state index contributed by atoms with van der Waals surface area (Å²) in [5, 5.41) is 14.2. The fraction of sp³-hybridized carbons (Fsp3) is 0.333. The number of hydrogen-bond acceptors (Lipinski definition) is 2. The molecule has 0 saturated heterocycles. The lowest BCUT2D eigenvalue weighted by molar-refractivity contribution is -0.384. The van der Waals surface area contributed by atoms with Crippen LogP contribution in [0, 0.1) is 39.2 Å². The van der Waals surface area contributed by atoms with Gasteiger partial charge >= 0.3 is 0 Å². The van der Waals surface area contributed by atoms with E-state index in [9.17, 15) is 10.1 Å². The first-order chi connectivity index (χ1) is 17.6. The molecule has 4 atom stereocenters. The van der Waals surface area contributed by atoms with Crippen LogP contribution < -0.4 is 0 Å². The second-order valence-electron chi connectivity index (χ2n) is 12.3. The molecule has 4 aromatic rings. The second kappa shape index (κ2) is 6.26. The Labute approximate surface area is 210 Å². The predicted octanol–water partition coefficient (Wildman–Crippen LogP) is 8.14. The standard InChI is InChI=1S/C33H27NO2/c35-34(36)29-16-22-6-2-1-5-21(22)14-26(29)23-9-10-25-24-7-3-4-8-27(24)33(28(25)15-23)30-12-19-11-20-13-31(33)32(30,17-19)18-20/h1-10,14-16,19-20,30-31H,11-13,17-18H2. The smallest absolute Gasteiger partial charge is 0.258 e. The van der Waals surface area contributed by atoms with Crippen molar-refractivity contribution in [2.75, 3.05) is 0 Å². The molecule has 9 rings (SSSR count). The number of nitro benzene ring substituents is 1. The molecule has 4 aromatic carbocycles. The number of benzene rings is 4. The number of fused-ring (bicyclic) bond motifs is 10. The minimum absolute atomic E-state index is 0.0947. The Morgan fingerprint density at radius 1 is 0.694 bits per heavy atom. The third-order valence-corrected chi connectivity index (χ3v) is 11.1. The fourth-order valence-electron chi connectivity index (χ4n) is 10.4. The molecular formula is C33H27NO2. The van der Waals surface area contributed by atoms with Crippen LogP contribution in [-0.2, 0) is 5.41 Å². The van der Waals surface area contributed by atoms with Crippen LogP contribution in [0.15, 0.2) is 78.9 Å². The Morgan fingerprint density at radius 2 is 1.36 bits per heavy atom. The van der Waals surface area contributed by atoms with E-state index in [0.717, 1.165) is 45.6 Å². The van der Waals surface area contributed by atoms with Crippen molar-refractivity contribution in [3.05, 3.63) is 100 Å². The zero-order valence-electron chi connectivity index (χ0n) is 20.1. The molecule has 3 nitrogen and oxygen atoms in total. The average Bonchev–Trinajstić information content (AvgIpc) is 3.43. The van der Waals surface area contributed by atoms with Crippen LogP contribution in [0.25, 0.3) is 33.0 Å². The average molecular weight is 470 g/mol. The molecule has 3 heteroatoms. The minimum Gasteiger partial charge on any atom is -0.258 e. The summed E-state index contributed by atoms with van der Waals surface area (Å²) in [6.45, 7) is 0. The van der Waals surface area contributed by atoms with Crippen molar-refractivity contribution in [1.82, 2.24) is 0 Å². The first-order valence-electron chi connectivity index (χ1n) is 13.5. The third kappa shape index (κ3) is 2.07. The molecule has 0 N–H and O–H groups in total. The lowest BCUT2D eigenvalue weighted by Crippen LogP contribution is -2.62. The van der Waals surface area contributed by atoms with Gasteiger partial charge in [0.2, 0.25) is 0 Å². The first kappa shape index (κ1) is 19.7. The van der Waals surface area contributed by atoms with E-state index >= 15 is 0 Å². The van der Waals surface area contributed by atoms with E-state index < -0.39 is 0 Å². The van der Waals surface area contributed by atoms with Crippen LogP contribution in [0.1, 0.15) is 43.2 Å². The van der Waals surface area contributed by atoms with E-state index in [4.69, 9.17) is 0 Å². The summed E-state index contributed by atoms with van der Waals surface area (Å²) < 4.78 is 0. The van der Waals surface area contributed by atoms with Crippen molar-refractivity contribution >= 4 is 16.5 Å². The highest BCUT2D eigenvalue weighted by molar-refractivity contribution is 5.94. The van der Waals surface area contributed by atoms with Crippen LogP contribution in [0.3, 0.4) is 0 Å². The van der Waals surface area contributed by atoms with Gasteiger partial charge in [-0.2, -0.15) is 0 Å². The molecule has 5 aliphatic carbocycles. The maximum absolute atomic E-state index is 12.2. The lowest BCUT2D eigenvalue weighted by atomic mass is 9.38. The van der Waals surface area contributed by atoms with Gasteiger partial charge in [0.05, 0.1) is 10.5 Å². The number of nitrogens with zero attached hydrogens (tertiary/aromatic N) is 1. The number of hydrogen-bond donors (Lipinski definition) is 0. The highest BCUT2D eigenvalue weighted by Gasteiger charge is 2.79. The summed E-state index contributed by atoms with van der Waals surface area (Å²) in [7, 11) is 0. The SMILES string of the molecule is O=[N+]([O-])c1cc2ccccc2cc1-c1ccc2c(c1)C1(c3ccccc3-2)C2CC3CC4CC1C2(C3)C4. The van der Waals surface area contributed by atoms with Gasteiger partial charge in [-0.1, -0.05) is 60.7 Å². The van der Waals surface area contributed by atoms with E-state index in [1.165, 1.54) is 48.8 Å². The van der Waals surface area contributed by atoms with Crippen molar-refractivity contribution in [2.45, 2.75) is 37.5 Å². The summed E-state index contributed by atoms with van der Waals surface area (Å²) in [5.41, 5.74) is 8.31. The van der Waals surface area contributed by atoms with Crippen LogP contribution in [-0.4, -0.2) is 4.92 Å². The van der Waals surface area contributed by atoms with Gasteiger partial charge in [0.15, 0.2) is 0 Å². The summed E-state index contributed by atoms with van der Waals surface area (Å²) in [6.07, 6.45) is 7.05. The molecule has 176 valence electrons. The molecule has 0 aromatic heterocycles. The molecule has 0 heterocycles. The topological polar surface area (TPSA) is 43.1 Å². The molecule has 0 amide bonds. The van der Waals surface area contributed by atoms with Gasteiger partial charge in [0, 0.05) is 11.5 Å². The molecule has 5 aliphatic rings. The number of rotatable bonds is 2. The Bertz CT molecular complexity index is 1630. The van der Waals surface area contributed by atoms with Crippen LogP contribution in [0.5, 0.6) is 0 Å². The van der Waals surface area contributed by atoms with Gasteiger partial charge in [-0.15, -0.1) is 0 Å². The van der Waals surface area contributed by atoms with Crippen molar-refractivity contribution in [3.63, 3.8) is 0 Å². The summed E-state index contributed by atoms with van der Waals surface area (Å²) in [6, 6.07) is 27.6. The monoisotopic (exact) mass is 469 g/mol. The molecular weight excluding hydrogens is 442 g/mol. The second-order valence-corrected chi connectivity index (χ2v) is 12.3. The van der Waals surface area contributed by atoms with E-state index in [0.29, 0.717) is 5.41 Å². The normalized spacial score (nSPS) is 34.0. The predicted molar refractivity (Wildman–Crippen MR) is 142 cm³/mol. The lowest BCUT2D eigenvalue weighted by Gasteiger charge is -2.64. The van der Waals surface area contributed by atoms with Crippen LogP contribution in [0.4, 0.5) is 5.69 Å². The fourth-order valence-corrected chi connectivity index (χ4v) is 10.4. The van der Waals surface area contributed by atoms with E-state index in [-0.39, 0.29) is 16.0 Å². The molecule has 0 aliphatic heterocycles. The Morgan fingerprint density at radius 3 is 2.11 bits per heavy atom. The molecule has 3 bridgehead atoms. The van der Waals surface area contributed by atoms with E-state index in [1.807, 2.05) is 24.3 Å². The zero-order chi connectivity index (χ0) is 23.8. The van der Waals surface area contributed by atoms with Crippen LogP contribution in [0.2, 0.25) is 0 Å². The first-order valence-corrected chi connectivity index (χ1v) is 13.5. The van der Waals surface area contributed by atoms with E-state index in [1.54, 1.807) is 11.6 Å². The molecule has 36 heavy (non-hydrogen) atoms. The molecule has 4 saturated carbocycles. The van der Waals surface area contributed by atoms with Gasteiger partial charge in [0.25, 0.3) is 5.69 Å². The van der Waals surface area contributed by atoms with Crippen molar-refractivity contribution in [2.24, 2.45) is 29.1 Å². The maximum atomic E-state index is 12.2. The summed E-state index contributed by atoms with van der Waals surface area (Å²) in [5.74, 6) is 3.24. The third-order valence-electron chi connectivity index (χ3n) is 11.1. The van der Waals surface area contributed by atoms with Crippen molar-refractivity contribution in [1.29, 1.82) is 0 Å². The quantitative estimate of drug-likeness (QED) is 0.220.